The van der Waals surface area contributed by atoms with Crippen LogP contribution in [-0.4, -0.2) is 63.5 Å². The normalized spacial score (nSPS) is 19.3. The monoisotopic (exact) mass is 391 g/mol. The first-order chi connectivity index (χ1) is 14.2. The van der Waals surface area contributed by atoms with Gasteiger partial charge in [0.25, 0.3) is 0 Å². The number of carbonyl (C=O) groups is 1. The molecule has 0 saturated carbocycles. The molecular formula is C20H21N7O2. The molecule has 9 nitrogen and oxygen atoms in total. The van der Waals surface area contributed by atoms with E-state index in [9.17, 15) is 10.1 Å². The number of ether oxygens (including phenoxy) is 1. The van der Waals surface area contributed by atoms with Crippen molar-refractivity contribution in [2.45, 2.75) is 12.5 Å². The van der Waals surface area contributed by atoms with E-state index in [0.717, 1.165) is 37.2 Å². The van der Waals surface area contributed by atoms with Crippen LogP contribution in [-0.2, 0) is 4.79 Å². The highest BCUT2D eigenvalue weighted by atomic mass is 16.5. The van der Waals surface area contributed by atoms with E-state index in [1.165, 1.54) is 6.20 Å². The molecule has 2 aliphatic rings. The van der Waals surface area contributed by atoms with E-state index in [2.05, 4.69) is 21.6 Å². The zero-order valence-corrected chi connectivity index (χ0v) is 16.1. The summed E-state index contributed by atoms with van der Waals surface area (Å²) in [4.78, 5) is 14.4. The highest BCUT2D eigenvalue weighted by molar-refractivity contribution is 5.80. The van der Waals surface area contributed by atoms with E-state index in [1.807, 2.05) is 34.2 Å². The van der Waals surface area contributed by atoms with Crippen LogP contribution in [0.1, 0.15) is 18.0 Å². The van der Waals surface area contributed by atoms with Crippen LogP contribution in [0.5, 0.6) is 5.75 Å². The molecule has 2 aliphatic heterocycles. The van der Waals surface area contributed by atoms with Crippen LogP contribution in [0, 0.1) is 17.2 Å². The number of rotatable bonds is 4. The lowest BCUT2D eigenvalue weighted by atomic mass is 10.0. The van der Waals surface area contributed by atoms with Crippen molar-refractivity contribution in [3.05, 3.63) is 36.4 Å². The number of hydrogen-bond acceptors (Lipinski definition) is 6. The van der Waals surface area contributed by atoms with E-state index in [4.69, 9.17) is 4.74 Å². The van der Waals surface area contributed by atoms with Crippen LogP contribution in [0.3, 0.4) is 0 Å². The average molecular weight is 391 g/mol. The van der Waals surface area contributed by atoms with Crippen LogP contribution >= 0.6 is 0 Å². The molecule has 2 fully saturated rings. The summed E-state index contributed by atoms with van der Waals surface area (Å²) in [5.41, 5.74) is 2.97. The van der Waals surface area contributed by atoms with Crippen LogP contribution < -0.4 is 10.1 Å². The van der Waals surface area contributed by atoms with Gasteiger partial charge in [-0.15, -0.1) is 0 Å². The van der Waals surface area contributed by atoms with Crippen molar-refractivity contribution in [3.63, 3.8) is 0 Å². The van der Waals surface area contributed by atoms with Gasteiger partial charge in [0.05, 0.1) is 31.5 Å². The van der Waals surface area contributed by atoms with Crippen LogP contribution in [0.4, 0.5) is 0 Å². The second kappa shape index (κ2) is 6.90. The second-order valence-corrected chi connectivity index (χ2v) is 7.55. The maximum atomic E-state index is 12.5. The quantitative estimate of drug-likeness (QED) is 0.714. The fourth-order valence-corrected chi connectivity index (χ4v) is 4.05. The van der Waals surface area contributed by atoms with Gasteiger partial charge in [0.2, 0.25) is 5.91 Å². The first-order valence-electron chi connectivity index (χ1n) is 9.67. The fraction of sp³-hybridized carbons (Fsp3) is 0.400. The lowest BCUT2D eigenvalue weighted by molar-refractivity contribution is -0.136. The maximum Gasteiger partial charge on any atom is 0.228 e. The molecule has 1 N–H and O–H groups in total. The van der Waals surface area contributed by atoms with Crippen molar-refractivity contribution >= 4 is 11.4 Å². The van der Waals surface area contributed by atoms with Crippen LogP contribution in [0.25, 0.3) is 16.6 Å². The van der Waals surface area contributed by atoms with Crippen molar-refractivity contribution in [1.82, 2.24) is 29.6 Å². The fourth-order valence-electron chi connectivity index (χ4n) is 4.05. The molecule has 0 aromatic carbocycles. The zero-order chi connectivity index (χ0) is 20.0. The van der Waals surface area contributed by atoms with Gasteiger partial charge >= 0.3 is 0 Å². The molecule has 2 saturated heterocycles. The molecule has 0 radical (unpaired) electrons. The molecule has 0 spiro atoms. The van der Waals surface area contributed by atoms with E-state index < -0.39 is 0 Å². The zero-order valence-electron chi connectivity index (χ0n) is 16.1. The molecule has 0 unspecified atom stereocenters. The van der Waals surface area contributed by atoms with E-state index in [-0.39, 0.29) is 17.9 Å². The third kappa shape index (κ3) is 2.93. The molecule has 29 heavy (non-hydrogen) atoms. The molecule has 0 aliphatic carbocycles. The van der Waals surface area contributed by atoms with Crippen molar-refractivity contribution in [1.29, 1.82) is 5.26 Å². The number of pyridine rings is 1. The third-order valence-electron chi connectivity index (χ3n) is 5.83. The Hall–Kier alpha value is -3.38. The highest BCUT2D eigenvalue weighted by Crippen LogP contribution is 2.31. The second-order valence-electron chi connectivity index (χ2n) is 7.55. The van der Waals surface area contributed by atoms with Crippen LogP contribution in [0.2, 0.25) is 0 Å². The van der Waals surface area contributed by atoms with Gasteiger partial charge in [0.1, 0.15) is 22.9 Å². The minimum Gasteiger partial charge on any atom is -0.494 e. The molecule has 9 heteroatoms. The van der Waals surface area contributed by atoms with Crippen molar-refractivity contribution in [3.8, 4) is 22.9 Å². The minimum atomic E-state index is 0.133. The number of nitrogens with zero attached hydrogens (tertiary/aromatic N) is 6. The highest BCUT2D eigenvalue weighted by Gasteiger charge is 2.34. The van der Waals surface area contributed by atoms with Crippen molar-refractivity contribution < 1.29 is 9.53 Å². The largest absolute Gasteiger partial charge is 0.494 e. The van der Waals surface area contributed by atoms with Gasteiger partial charge in [-0.25, -0.2) is 4.52 Å². The number of carbonyl (C=O) groups excluding carboxylic acids is 1. The number of nitriles is 1. The Labute approximate surface area is 167 Å². The Morgan fingerprint density at radius 2 is 2.14 bits per heavy atom. The predicted octanol–water partition coefficient (Wildman–Crippen LogP) is 1.07. The Bertz CT molecular complexity index is 1120. The standard InChI is InChI=1S/C20H21N7O2/c1-29-18-4-13(10-27-19(18)14(5-21)8-24-27)16-9-23-26(11-16)17-2-3-25(12-17)20(28)15-6-22-7-15/h4,8-11,15,17,22H,2-3,6-7,12H2,1H3/t17-/m1/s1. The van der Waals surface area contributed by atoms with Crippen molar-refractivity contribution in [2.24, 2.45) is 5.92 Å². The number of likely N-dealkylation sites (tertiary alicyclic amines) is 1. The van der Waals surface area contributed by atoms with Crippen molar-refractivity contribution in [2.75, 3.05) is 33.3 Å². The Morgan fingerprint density at radius 1 is 1.28 bits per heavy atom. The van der Waals surface area contributed by atoms with E-state index >= 15 is 0 Å². The molecule has 5 heterocycles. The minimum absolute atomic E-state index is 0.133. The number of methoxy groups -OCH3 is 1. The summed E-state index contributed by atoms with van der Waals surface area (Å²) >= 11 is 0. The van der Waals surface area contributed by atoms with Crippen LogP contribution in [0.15, 0.2) is 30.9 Å². The lowest BCUT2D eigenvalue weighted by Gasteiger charge is -2.30. The summed E-state index contributed by atoms with van der Waals surface area (Å²) in [5, 5.41) is 21.2. The maximum absolute atomic E-state index is 12.5. The topological polar surface area (TPSA) is 100 Å². The van der Waals surface area contributed by atoms with E-state index in [1.54, 1.807) is 11.6 Å². The summed E-state index contributed by atoms with van der Waals surface area (Å²) in [6.45, 7) is 3.05. The number of fused-ring (bicyclic) bond motifs is 1. The number of hydrogen-bond donors (Lipinski definition) is 1. The summed E-state index contributed by atoms with van der Waals surface area (Å²) < 4.78 is 9.09. The number of aromatic nitrogens is 4. The van der Waals surface area contributed by atoms with Gasteiger partial charge in [-0.2, -0.15) is 15.5 Å². The average Bonchev–Trinajstić information content (AvgIpc) is 3.43. The number of nitrogens with one attached hydrogen (secondary N) is 1. The molecule has 5 rings (SSSR count). The molecule has 148 valence electrons. The van der Waals surface area contributed by atoms with Gasteiger partial charge in [-0.05, 0) is 12.5 Å². The van der Waals surface area contributed by atoms with Gasteiger partial charge in [0, 0.05) is 49.7 Å². The van der Waals surface area contributed by atoms with Gasteiger partial charge in [0.15, 0.2) is 0 Å². The predicted molar refractivity (Wildman–Crippen MR) is 104 cm³/mol. The van der Waals surface area contributed by atoms with E-state index in [0.29, 0.717) is 23.4 Å². The first-order valence-corrected chi connectivity index (χ1v) is 9.67. The Kier molecular flexibility index (Phi) is 4.21. The molecule has 0 bridgehead atoms. The summed E-state index contributed by atoms with van der Waals surface area (Å²) in [5.74, 6) is 0.977. The smallest absolute Gasteiger partial charge is 0.228 e. The first kappa shape index (κ1) is 17.7. The summed E-state index contributed by atoms with van der Waals surface area (Å²) in [6.07, 6.45) is 8.12. The SMILES string of the molecule is COc1cc(-c2cnn([C@@H]3CCN(C(=O)C4CNC4)C3)c2)cn2ncc(C#N)c12. The van der Waals surface area contributed by atoms with Gasteiger partial charge in [-0.3, -0.25) is 9.48 Å². The number of amides is 1. The lowest BCUT2D eigenvalue weighted by Crippen LogP contribution is -2.51. The molecule has 1 atom stereocenters. The van der Waals surface area contributed by atoms with Gasteiger partial charge < -0.3 is 15.0 Å². The molecular weight excluding hydrogens is 370 g/mol. The molecule has 1 amide bonds. The Balaban J connectivity index is 1.39. The molecule has 3 aromatic heterocycles. The third-order valence-corrected chi connectivity index (χ3v) is 5.83. The summed E-state index contributed by atoms with van der Waals surface area (Å²) in [7, 11) is 1.58. The summed E-state index contributed by atoms with van der Waals surface area (Å²) in [6, 6.07) is 4.22. The Morgan fingerprint density at radius 3 is 2.86 bits per heavy atom. The van der Waals surface area contributed by atoms with Gasteiger partial charge in [-0.1, -0.05) is 0 Å². The molecule has 3 aromatic rings.